The van der Waals surface area contributed by atoms with Crippen LogP contribution in [0.3, 0.4) is 0 Å². The third-order valence-electron chi connectivity index (χ3n) is 5.01. The van der Waals surface area contributed by atoms with Crippen molar-refractivity contribution in [3.8, 4) is 0 Å². The van der Waals surface area contributed by atoms with E-state index < -0.39 is 0 Å². The molecular formula is C22H24N4. The lowest BCUT2D eigenvalue weighted by Crippen LogP contribution is -2.31. The van der Waals surface area contributed by atoms with E-state index in [2.05, 4.69) is 87.4 Å². The summed E-state index contributed by atoms with van der Waals surface area (Å²) in [5.74, 6) is 2.00. The minimum atomic E-state index is 0.858. The molecule has 0 N–H and O–H groups in total. The molecule has 1 aliphatic rings. The second kappa shape index (κ2) is 7.56. The van der Waals surface area contributed by atoms with Crippen molar-refractivity contribution in [2.45, 2.75) is 26.4 Å². The van der Waals surface area contributed by atoms with Crippen LogP contribution < -0.4 is 9.80 Å². The Morgan fingerprint density at radius 3 is 2.54 bits per heavy atom. The molecule has 3 aromatic rings. The lowest BCUT2D eigenvalue weighted by Gasteiger charge is -2.30. The maximum atomic E-state index is 4.55. The van der Waals surface area contributed by atoms with Gasteiger partial charge in [-0.25, -0.2) is 9.97 Å². The highest BCUT2D eigenvalue weighted by Gasteiger charge is 2.18. The predicted molar refractivity (Wildman–Crippen MR) is 106 cm³/mol. The fourth-order valence-corrected chi connectivity index (χ4v) is 3.53. The predicted octanol–water partition coefficient (Wildman–Crippen LogP) is 4.07. The number of aromatic nitrogens is 2. The minimum absolute atomic E-state index is 0.858. The molecule has 4 nitrogen and oxygen atoms in total. The van der Waals surface area contributed by atoms with E-state index >= 15 is 0 Å². The van der Waals surface area contributed by atoms with Gasteiger partial charge in [0.25, 0.3) is 0 Å². The summed E-state index contributed by atoms with van der Waals surface area (Å²) < 4.78 is 0. The average molecular weight is 344 g/mol. The monoisotopic (exact) mass is 344 g/mol. The zero-order valence-electron chi connectivity index (χ0n) is 15.2. The highest BCUT2D eigenvalue weighted by molar-refractivity contribution is 5.52. The van der Waals surface area contributed by atoms with Crippen molar-refractivity contribution < 1.29 is 0 Å². The molecule has 0 saturated heterocycles. The highest BCUT2D eigenvalue weighted by atomic mass is 15.2. The Balaban J connectivity index is 1.54. The van der Waals surface area contributed by atoms with E-state index in [1.54, 1.807) is 6.33 Å². The largest absolute Gasteiger partial charge is 0.352 e. The van der Waals surface area contributed by atoms with E-state index in [1.165, 1.54) is 16.7 Å². The summed E-state index contributed by atoms with van der Waals surface area (Å²) in [7, 11) is 0. The second-order valence-electron chi connectivity index (χ2n) is 6.67. The Morgan fingerprint density at radius 1 is 0.962 bits per heavy atom. The zero-order valence-corrected chi connectivity index (χ0v) is 15.2. The number of hydrogen-bond donors (Lipinski definition) is 0. The van der Waals surface area contributed by atoms with Gasteiger partial charge in [-0.05, 0) is 30.0 Å². The van der Waals surface area contributed by atoms with Gasteiger partial charge in [-0.1, -0.05) is 54.6 Å². The number of anilines is 2. The first-order chi connectivity index (χ1) is 12.8. The van der Waals surface area contributed by atoms with Gasteiger partial charge in [0, 0.05) is 32.2 Å². The number of benzene rings is 2. The van der Waals surface area contributed by atoms with Crippen molar-refractivity contribution >= 4 is 11.6 Å². The molecule has 26 heavy (non-hydrogen) atoms. The third kappa shape index (κ3) is 3.54. The third-order valence-corrected chi connectivity index (χ3v) is 5.01. The van der Waals surface area contributed by atoms with Gasteiger partial charge in [0.1, 0.15) is 18.0 Å². The van der Waals surface area contributed by atoms with E-state index in [1.807, 2.05) is 0 Å². The van der Waals surface area contributed by atoms with Gasteiger partial charge >= 0.3 is 0 Å². The molecule has 0 fully saturated rings. The molecule has 0 aliphatic carbocycles. The minimum Gasteiger partial charge on any atom is -0.352 e. The van der Waals surface area contributed by atoms with Crippen LogP contribution in [0.5, 0.6) is 0 Å². The molecular weight excluding hydrogens is 320 g/mol. The first kappa shape index (κ1) is 16.6. The van der Waals surface area contributed by atoms with E-state index in [-0.39, 0.29) is 0 Å². The van der Waals surface area contributed by atoms with E-state index in [0.717, 1.165) is 44.2 Å². The van der Waals surface area contributed by atoms with Gasteiger partial charge in [-0.3, -0.25) is 0 Å². The first-order valence-corrected chi connectivity index (χ1v) is 9.26. The summed E-state index contributed by atoms with van der Waals surface area (Å²) >= 11 is 0. The van der Waals surface area contributed by atoms with Crippen LogP contribution in [0.4, 0.5) is 11.6 Å². The first-order valence-electron chi connectivity index (χ1n) is 9.26. The normalized spacial score (nSPS) is 13.3. The van der Waals surface area contributed by atoms with Gasteiger partial charge in [0.05, 0.1) is 0 Å². The lowest BCUT2D eigenvalue weighted by molar-refractivity contribution is 0.717. The number of fused-ring (bicyclic) bond motifs is 1. The Kier molecular flexibility index (Phi) is 4.82. The smallest absolute Gasteiger partial charge is 0.134 e. The van der Waals surface area contributed by atoms with E-state index in [9.17, 15) is 0 Å². The summed E-state index contributed by atoms with van der Waals surface area (Å²) in [6.07, 6.45) is 2.76. The summed E-state index contributed by atoms with van der Waals surface area (Å²) in [4.78, 5) is 13.7. The van der Waals surface area contributed by atoms with E-state index in [0.29, 0.717) is 0 Å². The molecule has 0 unspecified atom stereocenters. The molecule has 0 spiro atoms. The van der Waals surface area contributed by atoms with Crippen LogP contribution in [0.2, 0.25) is 0 Å². The van der Waals surface area contributed by atoms with Gasteiger partial charge in [0.15, 0.2) is 0 Å². The summed E-state index contributed by atoms with van der Waals surface area (Å²) in [6.45, 7) is 5.85. The second-order valence-corrected chi connectivity index (χ2v) is 6.67. The Labute approximate surface area is 155 Å². The molecule has 0 amide bonds. The van der Waals surface area contributed by atoms with Crippen molar-refractivity contribution in [2.24, 2.45) is 0 Å². The molecule has 4 heteroatoms. The zero-order chi connectivity index (χ0) is 17.8. The Hall–Kier alpha value is -2.88. The van der Waals surface area contributed by atoms with Gasteiger partial charge in [0.2, 0.25) is 0 Å². The Morgan fingerprint density at radius 2 is 1.73 bits per heavy atom. The molecule has 0 bridgehead atoms. The molecule has 2 heterocycles. The average Bonchev–Trinajstić information content (AvgIpc) is 2.72. The van der Waals surface area contributed by atoms with Crippen molar-refractivity contribution in [2.75, 3.05) is 22.9 Å². The van der Waals surface area contributed by atoms with Crippen LogP contribution in [0.1, 0.15) is 23.6 Å². The van der Waals surface area contributed by atoms with Crippen LogP contribution in [0.15, 0.2) is 67.0 Å². The van der Waals surface area contributed by atoms with Gasteiger partial charge in [-0.2, -0.15) is 0 Å². The van der Waals surface area contributed by atoms with Crippen LogP contribution in [-0.2, 0) is 19.5 Å². The number of nitrogens with zero attached hydrogens (tertiary/aromatic N) is 4. The fourth-order valence-electron chi connectivity index (χ4n) is 3.53. The van der Waals surface area contributed by atoms with Gasteiger partial charge < -0.3 is 9.80 Å². The van der Waals surface area contributed by atoms with Crippen molar-refractivity contribution in [1.82, 2.24) is 9.97 Å². The molecule has 4 rings (SSSR count). The maximum Gasteiger partial charge on any atom is 0.134 e. The molecule has 132 valence electrons. The van der Waals surface area contributed by atoms with Crippen molar-refractivity contribution in [1.29, 1.82) is 0 Å². The standard InChI is InChI=1S/C22H24N4/c1-2-25(15-18-8-4-3-5-9-18)21-14-22(24-17-23-21)26-13-12-19-10-6-7-11-20(19)16-26/h3-11,14,17H,2,12-13,15-16H2,1H3. The van der Waals surface area contributed by atoms with Crippen LogP contribution >= 0.6 is 0 Å². The van der Waals surface area contributed by atoms with Gasteiger partial charge in [-0.15, -0.1) is 0 Å². The molecule has 1 aromatic heterocycles. The van der Waals surface area contributed by atoms with Crippen LogP contribution in [0, 0.1) is 0 Å². The van der Waals surface area contributed by atoms with E-state index in [4.69, 9.17) is 0 Å². The number of rotatable bonds is 5. The van der Waals surface area contributed by atoms with Crippen LogP contribution in [0.25, 0.3) is 0 Å². The highest BCUT2D eigenvalue weighted by Crippen LogP contribution is 2.25. The SMILES string of the molecule is CCN(Cc1ccccc1)c1cc(N2CCc3ccccc3C2)ncn1. The molecule has 0 radical (unpaired) electrons. The number of hydrogen-bond acceptors (Lipinski definition) is 4. The molecule has 0 saturated carbocycles. The maximum absolute atomic E-state index is 4.55. The quantitative estimate of drug-likeness (QED) is 0.698. The Bertz CT molecular complexity index is 846. The van der Waals surface area contributed by atoms with Crippen molar-refractivity contribution in [3.05, 3.63) is 83.7 Å². The summed E-state index contributed by atoms with van der Waals surface area (Å²) in [6, 6.07) is 21.4. The topological polar surface area (TPSA) is 32.3 Å². The summed E-state index contributed by atoms with van der Waals surface area (Å²) in [5.41, 5.74) is 4.15. The lowest BCUT2D eigenvalue weighted by atomic mass is 10.00. The fraction of sp³-hybridized carbons (Fsp3) is 0.273. The molecule has 0 atom stereocenters. The molecule has 1 aliphatic heterocycles. The van der Waals surface area contributed by atoms with Crippen LogP contribution in [-0.4, -0.2) is 23.1 Å². The summed E-state index contributed by atoms with van der Waals surface area (Å²) in [5, 5.41) is 0. The van der Waals surface area contributed by atoms with Crippen molar-refractivity contribution in [3.63, 3.8) is 0 Å². The molecule has 2 aromatic carbocycles.